The van der Waals surface area contributed by atoms with Crippen LogP contribution in [0, 0.1) is 0 Å². The van der Waals surface area contributed by atoms with Gasteiger partial charge >= 0.3 is 0 Å². The number of aromatic nitrogens is 2. The summed E-state index contributed by atoms with van der Waals surface area (Å²) in [6.45, 7) is 0.696. The van der Waals surface area contributed by atoms with E-state index in [1.54, 1.807) is 12.1 Å². The molecule has 0 bridgehead atoms. The molecule has 0 spiro atoms. The Morgan fingerprint density at radius 3 is 2.50 bits per heavy atom. The summed E-state index contributed by atoms with van der Waals surface area (Å²) in [5.41, 5.74) is 1.94. The van der Waals surface area contributed by atoms with Crippen molar-refractivity contribution < 1.29 is 9.59 Å². The first-order chi connectivity index (χ1) is 10.6. The van der Waals surface area contributed by atoms with Crippen LogP contribution in [0.4, 0.5) is 5.69 Å². The van der Waals surface area contributed by atoms with Gasteiger partial charge < -0.3 is 15.5 Å². The standard InChI is InChI=1S/C15H19N5O2/c1-20(2)12-5-3-4-11(10-12)14(21)16-8-9-17-15(22)13-6-7-18-19-13/h3-7,10H,8-9H2,1-2H3,(H,16,21)(H,17,22)(H,18,19). The molecular formula is C15H19N5O2. The topological polar surface area (TPSA) is 90.1 Å². The molecule has 2 aromatic rings. The van der Waals surface area contributed by atoms with E-state index in [1.807, 2.05) is 37.2 Å². The molecule has 0 atom stereocenters. The first-order valence-corrected chi connectivity index (χ1v) is 6.91. The number of rotatable bonds is 6. The molecule has 0 aliphatic rings. The number of carbonyl (C=O) groups excluding carboxylic acids is 2. The van der Waals surface area contributed by atoms with Crippen LogP contribution in [0.5, 0.6) is 0 Å². The van der Waals surface area contributed by atoms with E-state index >= 15 is 0 Å². The molecule has 22 heavy (non-hydrogen) atoms. The molecule has 7 nitrogen and oxygen atoms in total. The highest BCUT2D eigenvalue weighted by molar-refractivity contribution is 5.95. The zero-order valence-electron chi connectivity index (χ0n) is 12.6. The molecule has 2 amide bonds. The van der Waals surface area contributed by atoms with Crippen molar-refractivity contribution in [3.05, 3.63) is 47.8 Å². The largest absolute Gasteiger partial charge is 0.378 e. The number of H-pyrrole nitrogens is 1. The van der Waals surface area contributed by atoms with Crippen LogP contribution in [-0.2, 0) is 0 Å². The third-order valence-corrected chi connectivity index (χ3v) is 3.07. The summed E-state index contributed by atoms with van der Waals surface area (Å²) in [4.78, 5) is 25.6. The lowest BCUT2D eigenvalue weighted by Crippen LogP contribution is -2.34. The molecule has 0 aliphatic heterocycles. The fourth-order valence-corrected chi connectivity index (χ4v) is 1.86. The van der Waals surface area contributed by atoms with E-state index in [0.29, 0.717) is 24.3 Å². The zero-order valence-corrected chi connectivity index (χ0v) is 12.6. The predicted molar refractivity (Wildman–Crippen MR) is 84.0 cm³/mol. The van der Waals surface area contributed by atoms with Crippen molar-refractivity contribution in [1.82, 2.24) is 20.8 Å². The number of hydrogen-bond donors (Lipinski definition) is 3. The number of hydrogen-bond acceptors (Lipinski definition) is 4. The van der Waals surface area contributed by atoms with Gasteiger partial charge in [0.25, 0.3) is 11.8 Å². The molecule has 0 saturated heterocycles. The quantitative estimate of drug-likeness (QED) is 0.683. The molecule has 116 valence electrons. The van der Waals surface area contributed by atoms with Gasteiger partial charge in [-0.3, -0.25) is 14.7 Å². The molecule has 1 aromatic heterocycles. The molecule has 0 fully saturated rings. The predicted octanol–water partition coefficient (Wildman–Crippen LogP) is 0.635. The minimum atomic E-state index is -0.249. The van der Waals surface area contributed by atoms with Crippen molar-refractivity contribution in [3.8, 4) is 0 Å². The van der Waals surface area contributed by atoms with E-state index in [2.05, 4.69) is 20.8 Å². The highest BCUT2D eigenvalue weighted by atomic mass is 16.2. The molecule has 1 aromatic carbocycles. The normalized spacial score (nSPS) is 10.1. The van der Waals surface area contributed by atoms with Crippen LogP contribution in [-0.4, -0.2) is 49.2 Å². The van der Waals surface area contributed by atoms with E-state index in [1.165, 1.54) is 6.20 Å². The summed E-state index contributed by atoms with van der Waals surface area (Å²) in [7, 11) is 3.84. The summed E-state index contributed by atoms with van der Waals surface area (Å²) in [5, 5.41) is 11.7. The zero-order chi connectivity index (χ0) is 15.9. The number of aromatic amines is 1. The van der Waals surface area contributed by atoms with E-state index in [-0.39, 0.29) is 11.8 Å². The van der Waals surface area contributed by atoms with Gasteiger partial charge in [-0.05, 0) is 24.3 Å². The number of benzene rings is 1. The number of amides is 2. The van der Waals surface area contributed by atoms with Crippen molar-refractivity contribution in [3.63, 3.8) is 0 Å². The van der Waals surface area contributed by atoms with Gasteiger partial charge in [-0.15, -0.1) is 0 Å². The fourth-order valence-electron chi connectivity index (χ4n) is 1.86. The van der Waals surface area contributed by atoms with Crippen molar-refractivity contribution in [2.75, 3.05) is 32.1 Å². The second-order valence-corrected chi connectivity index (χ2v) is 4.93. The molecule has 1 heterocycles. The van der Waals surface area contributed by atoms with Crippen LogP contribution in [0.2, 0.25) is 0 Å². The first kappa shape index (κ1) is 15.6. The Morgan fingerprint density at radius 2 is 1.86 bits per heavy atom. The lowest BCUT2D eigenvalue weighted by atomic mass is 10.2. The molecule has 7 heteroatoms. The third kappa shape index (κ3) is 4.08. The highest BCUT2D eigenvalue weighted by Gasteiger charge is 2.08. The molecule has 0 unspecified atom stereocenters. The maximum absolute atomic E-state index is 12.0. The van der Waals surface area contributed by atoms with E-state index in [0.717, 1.165) is 5.69 Å². The molecule has 0 saturated carbocycles. The van der Waals surface area contributed by atoms with E-state index in [4.69, 9.17) is 0 Å². The minimum Gasteiger partial charge on any atom is -0.378 e. The Morgan fingerprint density at radius 1 is 1.14 bits per heavy atom. The number of carbonyl (C=O) groups is 2. The van der Waals surface area contributed by atoms with Gasteiger partial charge in [-0.2, -0.15) is 5.10 Å². The van der Waals surface area contributed by atoms with Crippen molar-refractivity contribution in [2.24, 2.45) is 0 Å². The SMILES string of the molecule is CN(C)c1cccc(C(=O)NCCNC(=O)c2ccn[nH]2)c1. The lowest BCUT2D eigenvalue weighted by Gasteiger charge is -2.13. The van der Waals surface area contributed by atoms with Crippen LogP contribution >= 0.6 is 0 Å². The Hall–Kier alpha value is -2.83. The average Bonchev–Trinajstić information content (AvgIpc) is 3.05. The maximum atomic E-state index is 12.0. The second kappa shape index (κ2) is 7.26. The van der Waals surface area contributed by atoms with Gasteiger partial charge in [-0.25, -0.2) is 0 Å². The Labute approximate surface area is 128 Å². The smallest absolute Gasteiger partial charge is 0.269 e. The van der Waals surface area contributed by atoms with E-state index in [9.17, 15) is 9.59 Å². The summed E-state index contributed by atoms with van der Waals surface area (Å²) in [6.07, 6.45) is 1.51. The third-order valence-electron chi connectivity index (χ3n) is 3.07. The van der Waals surface area contributed by atoms with Gasteiger partial charge in [-0.1, -0.05) is 6.07 Å². The monoisotopic (exact) mass is 301 g/mol. The summed E-state index contributed by atoms with van der Waals surface area (Å²) < 4.78 is 0. The van der Waals surface area contributed by atoms with Gasteiger partial charge in [0.2, 0.25) is 0 Å². The van der Waals surface area contributed by atoms with Gasteiger partial charge in [0.1, 0.15) is 5.69 Å². The maximum Gasteiger partial charge on any atom is 0.269 e. The highest BCUT2D eigenvalue weighted by Crippen LogP contribution is 2.13. The Kier molecular flexibility index (Phi) is 5.13. The van der Waals surface area contributed by atoms with Crippen LogP contribution < -0.4 is 15.5 Å². The van der Waals surface area contributed by atoms with Gasteiger partial charge in [0, 0.05) is 44.6 Å². The van der Waals surface area contributed by atoms with Crippen molar-refractivity contribution in [2.45, 2.75) is 0 Å². The summed E-state index contributed by atoms with van der Waals surface area (Å²) in [6, 6.07) is 8.93. The molecule has 3 N–H and O–H groups in total. The average molecular weight is 301 g/mol. The van der Waals surface area contributed by atoms with Gasteiger partial charge in [0.15, 0.2) is 0 Å². The van der Waals surface area contributed by atoms with E-state index < -0.39 is 0 Å². The molecule has 2 rings (SSSR count). The fraction of sp³-hybridized carbons (Fsp3) is 0.267. The second-order valence-electron chi connectivity index (χ2n) is 4.93. The minimum absolute atomic E-state index is 0.167. The summed E-state index contributed by atoms with van der Waals surface area (Å²) >= 11 is 0. The van der Waals surface area contributed by atoms with Crippen LogP contribution in [0.1, 0.15) is 20.8 Å². The van der Waals surface area contributed by atoms with Gasteiger partial charge in [0.05, 0.1) is 0 Å². The molecule has 0 radical (unpaired) electrons. The lowest BCUT2D eigenvalue weighted by molar-refractivity contribution is 0.0925. The van der Waals surface area contributed by atoms with Crippen LogP contribution in [0.25, 0.3) is 0 Å². The first-order valence-electron chi connectivity index (χ1n) is 6.91. The Bertz CT molecular complexity index is 637. The Balaban J connectivity index is 1.78. The number of nitrogens with zero attached hydrogens (tertiary/aromatic N) is 2. The molecule has 0 aliphatic carbocycles. The van der Waals surface area contributed by atoms with Crippen molar-refractivity contribution >= 4 is 17.5 Å². The molecular weight excluding hydrogens is 282 g/mol. The van der Waals surface area contributed by atoms with Crippen LogP contribution in [0.3, 0.4) is 0 Å². The summed E-state index contributed by atoms with van der Waals surface area (Å²) in [5.74, 6) is -0.416. The number of anilines is 1. The number of nitrogens with one attached hydrogen (secondary N) is 3. The van der Waals surface area contributed by atoms with Crippen molar-refractivity contribution in [1.29, 1.82) is 0 Å². The van der Waals surface area contributed by atoms with Crippen LogP contribution in [0.15, 0.2) is 36.5 Å².